The molecule has 0 aliphatic heterocycles. The lowest BCUT2D eigenvalue weighted by Gasteiger charge is -2.07. The van der Waals surface area contributed by atoms with Crippen LogP contribution < -0.4 is 10.0 Å². The van der Waals surface area contributed by atoms with E-state index in [-0.39, 0.29) is 11.7 Å². The zero-order valence-electron chi connectivity index (χ0n) is 14.9. The molecule has 0 aliphatic rings. The largest absolute Gasteiger partial charge is 0.618 e. The van der Waals surface area contributed by atoms with E-state index in [1.807, 2.05) is 30.3 Å². The van der Waals surface area contributed by atoms with E-state index < -0.39 is 0 Å². The Labute approximate surface area is 161 Å². The molecule has 27 heavy (non-hydrogen) atoms. The van der Waals surface area contributed by atoms with Crippen molar-refractivity contribution in [1.29, 1.82) is 0 Å². The molecule has 5 nitrogen and oxygen atoms in total. The van der Waals surface area contributed by atoms with Gasteiger partial charge >= 0.3 is 0 Å². The van der Waals surface area contributed by atoms with Crippen molar-refractivity contribution in [3.05, 3.63) is 72.1 Å². The Morgan fingerprint density at radius 2 is 1.85 bits per heavy atom. The molecule has 1 amide bonds. The molecule has 2 aromatic heterocycles. The second-order valence-corrected chi connectivity index (χ2v) is 7.19. The van der Waals surface area contributed by atoms with Gasteiger partial charge in [0.1, 0.15) is 0 Å². The van der Waals surface area contributed by atoms with Crippen LogP contribution in [0.15, 0.2) is 71.9 Å². The summed E-state index contributed by atoms with van der Waals surface area (Å²) in [7, 11) is 0. The number of fused-ring (bicyclic) bond motifs is 3. The van der Waals surface area contributed by atoms with Gasteiger partial charge in [-0.25, -0.2) is 0 Å². The minimum Gasteiger partial charge on any atom is -0.618 e. The van der Waals surface area contributed by atoms with Crippen LogP contribution in [-0.2, 0) is 11.3 Å². The van der Waals surface area contributed by atoms with Crippen molar-refractivity contribution in [2.75, 3.05) is 11.1 Å². The molecular formula is C21H19N3O2S. The average Bonchev–Trinajstić information content (AvgIpc) is 3.00. The van der Waals surface area contributed by atoms with Gasteiger partial charge in [-0.3, -0.25) is 4.79 Å². The summed E-state index contributed by atoms with van der Waals surface area (Å²) in [6.07, 6.45) is 1.43. The summed E-state index contributed by atoms with van der Waals surface area (Å²) in [5, 5.41) is 17.4. The highest BCUT2D eigenvalue weighted by atomic mass is 32.2. The van der Waals surface area contributed by atoms with Crippen LogP contribution in [0.5, 0.6) is 0 Å². The molecule has 4 rings (SSSR count). The van der Waals surface area contributed by atoms with E-state index in [9.17, 15) is 10.0 Å². The molecule has 1 N–H and O–H groups in total. The smallest absolute Gasteiger partial charge is 0.251 e. The number of pyridine rings is 1. The van der Waals surface area contributed by atoms with Gasteiger partial charge in [0.2, 0.25) is 5.91 Å². The number of aromatic nitrogens is 2. The molecular weight excluding hydrogens is 358 g/mol. The first-order chi connectivity index (χ1) is 13.2. The van der Waals surface area contributed by atoms with Crippen LogP contribution in [0.3, 0.4) is 0 Å². The summed E-state index contributed by atoms with van der Waals surface area (Å²) in [6, 6.07) is 19.4. The number of rotatable bonds is 5. The number of hydrogen-bond acceptors (Lipinski definition) is 3. The van der Waals surface area contributed by atoms with Gasteiger partial charge < -0.3 is 15.1 Å². The molecule has 0 unspecified atom stereocenters. The van der Waals surface area contributed by atoms with Crippen molar-refractivity contribution in [3.8, 4) is 0 Å². The molecule has 136 valence electrons. The van der Waals surface area contributed by atoms with E-state index in [1.165, 1.54) is 28.9 Å². The number of para-hydroxylation sites is 1. The normalized spacial score (nSPS) is 11.1. The van der Waals surface area contributed by atoms with Crippen molar-refractivity contribution in [3.63, 3.8) is 0 Å². The molecule has 4 aromatic rings. The van der Waals surface area contributed by atoms with E-state index in [1.54, 1.807) is 18.2 Å². The van der Waals surface area contributed by atoms with Gasteiger partial charge in [-0.05, 0) is 49.0 Å². The number of carbonyl (C=O) groups is 1. The summed E-state index contributed by atoms with van der Waals surface area (Å²) >= 11 is 1.22. The number of nitrogens with zero attached hydrogens (tertiary/aromatic N) is 2. The maximum absolute atomic E-state index is 12.3. The van der Waals surface area contributed by atoms with Crippen LogP contribution in [-0.4, -0.2) is 16.2 Å². The monoisotopic (exact) mass is 377 g/mol. The number of benzene rings is 2. The van der Waals surface area contributed by atoms with Crippen LogP contribution in [0.2, 0.25) is 0 Å². The van der Waals surface area contributed by atoms with E-state index in [4.69, 9.17) is 0 Å². The minimum absolute atomic E-state index is 0.137. The molecule has 6 heteroatoms. The summed E-state index contributed by atoms with van der Waals surface area (Å²) in [5.74, 6) is 0.0449. The highest BCUT2D eigenvalue weighted by Crippen LogP contribution is 2.31. The topological polar surface area (TPSA) is 61.0 Å². The summed E-state index contributed by atoms with van der Waals surface area (Å²) in [4.78, 5) is 12.3. The van der Waals surface area contributed by atoms with E-state index in [0.717, 1.165) is 27.9 Å². The van der Waals surface area contributed by atoms with Gasteiger partial charge in [-0.1, -0.05) is 18.2 Å². The molecule has 0 bridgehead atoms. The fraction of sp³-hybridized carbons (Fsp3) is 0.143. The van der Waals surface area contributed by atoms with Crippen LogP contribution in [0, 0.1) is 5.21 Å². The first-order valence-electron chi connectivity index (χ1n) is 8.79. The van der Waals surface area contributed by atoms with Gasteiger partial charge in [0, 0.05) is 46.2 Å². The van der Waals surface area contributed by atoms with Crippen molar-refractivity contribution in [1.82, 2.24) is 4.57 Å². The standard InChI is InChI=1S/C21H19N3O2S/c1-2-23-18-8-4-3-7-16(18)17-13-15(10-11-19(17)23)22-20(25)14-27-21-9-5-6-12-24(21)26/h3-13H,2,14H2,1H3,(H,22,25). The van der Waals surface area contributed by atoms with Crippen molar-refractivity contribution in [2.24, 2.45) is 0 Å². The SMILES string of the molecule is CCn1c2ccccc2c2cc(NC(=O)CSc3cccc[n+]3[O-])ccc21. The minimum atomic E-state index is -0.137. The third kappa shape index (κ3) is 3.36. The third-order valence-electron chi connectivity index (χ3n) is 4.51. The van der Waals surface area contributed by atoms with E-state index >= 15 is 0 Å². The van der Waals surface area contributed by atoms with Crippen molar-refractivity contribution < 1.29 is 9.52 Å². The van der Waals surface area contributed by atoms with Crippen LogP contribution in [0.1, 0.15) is 6.92 Å². The molecule has 0 aliphatic carbocycles. The van der Waals surface area contributed by atoms with Gasteiger partial charge in [0.05, 0.1) is 5.75 Å². The highest BCUT2D eigenvalue weighted by molar-refractivity contribution is 7.99. The Morgan fingerprint density at radius 1 is 1.07 bits per heavy atom. The van der Waals surface area contributed by atoms with E-state index in [0.29, 0.717) is 5.03 Å². The second kappa shape index (κ2) is 7.32. The molecule has 0 fully saturated rings. The van der Waals surface area contributed by atoms with Crippen molar-refractivity contribution >= 4 is 45.2 Å². The number of aryl methyl sites for hydroxylation is 1. The number of carbonyl (C=O) groups excluding carboxylic acids is 1. The second-order valence-electron chi connectivity index (χ2n) is 6.19. The lowest BCUT2D eigenvalue weighted by Crippen LogP contribution is -2.28. The third-order valence-corrected chi connectivity index (χ3v) is 5.53. The maximum atomic E-state index is 12.3. The Hall–Kier alpha value is -2.99. The Morgan fingerprint density at radius 3 is 2.67 bits per heavy atom. The fourth-order valence-electron chi connectivity index (χ4n) is 3.33. The average molecular weight is 377 g/mol. The van der Waals surface area contributed by atoms with Gasteiger partial charge in [-0.2, -0.15) is 4.73 Å². The molecule has 0 saturated carbocycles. The first kappa shape index (κ1) is 17.4. The zero-order chi connectivity index (χ0) is 18.8. The molecule has 0 spiro atoms. The number of hydrogen-bond donors (Lipinski definition) is 1. The molecule has 2 heterocycles. The van der Waals surface area contributed by atoms with Crippen LogP contribution in [0.4, 0.5) is 5.69 Å². The molecule has 2 aromatic carbocycles. The maximum Gasteiger partial charge on any atom is 0.251 e. The number of anilines is 1. The lowest BCUT2D eigenvalue weighted by atomic mass is 10.1. The summed E-state index contributed by atoms with van der Waals surface area (Å²) in [6.45, 7) is 3.02. The van der Waals surface area contributed by atoms with Gasteiger partial charge in [0.15, 0.2) is 6.20 Å². The van der Waals surface area contributed by atoms with Gasteiger partial charge in [0.25, 0.3) is 5.03 Å². The Bertz CT molecular complexity index is 1140. The molecule has 0 radical (unpaired) electrons. The zero-order valence-corrected chi connectivity index (χ0v) is 15.7. The molecule has 0 saturated heterocycles. The summed E-state index contributed by atoms with van der Waals surface area (Å²) in [5.41, 5.74) is 3.11. The number of nitrogens with one attached hydrogen (secondary N) is 1. The van der Waals surface area contributed by atoms with Gasteiger partial charge in [-0.15, -0.1) is 0 Å². The van der Waals surface area contributed by atoms with E-state index in [2.05, 4.69) is 28.9 Å². The summed E-state index contributed by atoms with van der Waals surface area (Å²) < 4.78 is 3.04. The number of amides is 1. The predicted octanol–water partition coefficient (Wildman–Crippen LogP) is 4.18. The quantitative estimate of drug-likeness (QED) is 0.322. The Kier molecular flexibility index (Phi) is 4.73. The molecule has 0 atom stereocenters. The fourth-order valence-corrected chi connectivity index (χ4v) is 4.05. The van der Waals surface area contributed by atoms with Crippen LogP contribution in [0.25, 0.3) is 21.8 Å². The Balaban J connectivity index is 1.56. The first-order valence-corrected chi connectivity index (χ1v) is 9.78. The van der Waals surface area contributed by atoms with Crippen LogP contribution >= 0.6 is 11.8 Å². The lowest BCUT2D eigenvalue weighted by molar-refractivity contribution is -0.645. The number of thioether (sulfide) groups is 1. The predicted molar refractivity (Wildman–Crippen MR) is 110 cm³/mol. The van der Waals surface area contributed by atoms with Crippen molar-refractivity contribution in [2.45, 2.75) is 18.5 Å². The highest BCUT2D eigenvalue weighted by Gasteiger charge is 2.12.